The smallest absolute Gasteiger partial charge is 0.251 e. The molecule has 1 aliphatic carbocycles. The average molecular weight is 389 g/mol. The first-order chi connectivity index (χ1) is 9.11. The van der Waals surface area contributed by atoms with Crippen molar-refractivity contribution < 1.29 is 4.79 Å². The van der Waals surface area contributed by atoms with E-state index in [-0.39, 0.29) is 5.91 Å². The molecule has 0 heterocycles. The Morgan fingerprint density at radius 2 is 2.11 bits per heavy atom. The number of nitrogens with one attached hydrogen (secondary N) is 1. The second kappa shape index (κ2) is 6.89. The number of aryl methyl sites for hydroxylation is 1. The Bertz CT molecular complexity index is 461. The molecule has 104 valence electrons. The number of alkyl halides is 1. The zero-order chi connectivity index (χ0) is 13.8. The van der Waals surface area contributed by atoms with Crippen molar-refractivity contribution in [3.63, 3.8) is 0 Å². The maximum atomic E-state index is 12.2. The van der Waals surface area contributed by atoms with E-state index < -0.39 is 0 Å². The van der Waals surface area contributed by atoms with E-state index in [2.05, 4.69) is 37.2 Å². The summed E-state index contributed by atoms with van der Waals surface area (Å²) in [6, 6.07) is 5.77. The van der Waals surface area contributed by atoms with Crippen LogP contribution in [0.4, 0.5) is 0 Å². The summed E-state index contributed by atoms with van der Waals surface area (Å²) in [4.78, 5) is 12.2. The van der Waals surface area contributed by atoms with E-state index >= 15 is 0 Å². The third-order valence-corrected chi connectivity index (χ3v) is 5.30. The highest BCUT2D eigenvalue weighted by molar-refractivity contribution is 9.10. The molecule has 1 amide bonds. The number of hydrogen-bond donors (Lipinski definition) is 1. The molecule has 1 fully saturated rings. The monoisotopic (exact) mass is 387 g/mol. The molecule has 1 aliphatic rings. The van der Waals surface area contributed by atoms with Crippen molar-refractivity contribution in [1.82, 2.24) is 5.32 Å². The van der Waals surface area contributed by atoms with Gasteiger partial charge in [-0.25, -0.2) is 0 Å². The van der Waals surface area contributed by atoms with Crippen LogP contribution >= 0.6 is 31.9 Å². The van der Waals surface area contributed by atoms with Gasteiger partial charge in [0.1, 0.15) is 0 Å². The van der Waals surface area contributed by atoms with E-state index in [4.69, 9.17) is 0 Å². The normalized spacial score (nSPS) is 22.5. The third kappa shape index (κ3) is 3.82. The predicted octanol–water partition coefficient (Wildman–Crippen LogP) is 4.30. The highest BCUT2D eigenvalue weighted by atomic mass is 79.9. The minimum atomic E-state index is 0.0465. The first-order valence-corrected chi connectivity index (χ1v) is 8.63. The zero-order valence-electron chi connectivity index (χ0n) is 11.1. The van der Waals surface area contributed by atoms with Crippen LogP contribution in [0.15, 0.2) is 22.7 Å². The van der Waals surface area contributed by atoms with Crippen molar-refractivity contribution >= 4 is 37.8 Å². The Balaban J connectivity index is 1.94. The second-order valence-corrected chi connectivity index (χ2v) is 6.84. The quantitative estimate of drug-likeness (QED) is 0.765. The highest BCUT2D eigenvalue weighted by Crippen LogP contribution is 2.32. The Kier molecular flexibility index (Phi) is 5.46. The number of hydrogen-bond acceptors (Lipinski definition) is 1. The molecule has 1 N–H and O–H groups in total. The van der Waals surface area contributed by atoms with Crippen LogP contribution in [0.1, 0.15) is 35.2 Å². The maximum absolute atomic E-state index is 12.2. The molecule has 1 aromatic rings. The maximum Gasteiger partial charge on any atom is 0.251 e. The molecule has 19 heavy (non-hydrogen) atoms. The molecule has 0 saturated heterocycles. The van der Waals surface area contributed by atoms with E-state index in [0.29, 0.717) is 11.8 Å². The molecule has 0 radical (unpaired) electrons. The van der Waals surface area contributed by atoms with Crippen LogP contribution < -0.4 is 5.32 Å². The Labute approximate surface area is 131 Å². The van der Waals surface area contributed by atoms with Crippen LogP contribution in [0, 0.1) is 18.8 Å². The van der Waals surface area contributed by atoms with Gasteiger partial charge in [-0.3, -0.25) is 4.79 Å². The standard InChI is InChI=1S/C15H19Br2NO/c1-10-7-13(17)5-6-14(10)15(19)18-9-12-4-2-3-11(12)8-16/h5-7,11-12H,2-4,8-9H2,1H3,(H,18,19). The molecule has 0 aromatic heterocycles. The molecular formula is C15H19Br2NO. The summed E-state index contributed by atoms with van der Waals surface area (Å²) in [6.45, 7) is 2.77. The van der Waals surface area contributed by atoms with Gasteiger partial charge in [-0.15, -0.1) is 0 Å². The van der Waals surface area contributed by atoms with Crippen LogP contribution in [-0.4, -0.2) is 17.8 Å². The number of halogens is 2. The molecule has 2 atom stereocenters. The highest BCUT2D eigenvalue weighted by Gasteiger charge is 2.26. The number of benzene rings is 1. The summed E-state index contributed by atoms with van der Waals surface area (Å²) >= 11 is 6.99. The second-order valence-electron chi connectivity index (χ2n) is 5.27. The number of amides is 1. The molecule has 0 aliphatic heterocycles. The van der Waals surface area contributed by atoms with E-state index in [1.807, 2.05) is 25.1 Å². The summed E-state index contributed by atoms with van der Waals surface area (Å²) in [6.07, 6.45) is 3.80. The molecule has 1 aromatic carbocycles. The van der Waals surface area contributed by atoms with Crippen LogP contribution in [0.5, 0.6) is 0 Å². The van der Waals surface area contributed by atoms with Gasteiger partial charge in [0, 0.05) is 21.9 Å². The molecule has 2 rings (SSSR count). The van der Waals surface area contributed by atoms with Crippen molar-refractivity contribution in [1.29, 1.82) is 0 Å². The van der Waals surface area contributed by atoms with Gasteiger partial charge < -0.3 is 5.32 Å². The van der Waals surface area contributed by atoms with Gasteiger partial charge in [-0.2, -0.15) is 0 Å². The van der Waals surface area contributed by atoms with Crippen molar-refractivity contribution in [2.45, 2.75) is 26.2 Å². The molecule has 2 unspecified atom stereocenters. The van der Waals surface area contributed by atoms with Crippen LogP contribution in [0.2, 0.25) is 0 Å². The first-order valence-electron chi connectivity index (χ1n) is 6.72. The Morgan fingerprint density at radius 3 is 2.79 bits per heavy atom. The van der Waals surface area contributed by atoms with Crippen LogP contribution in [0.3, 0.4) is 0 Å². The summed E-state index contributed by atoms with van der Waals surface area (Å²) in [5.41, 5.74) is 1.78. The molecule has 0 spiro atoms. The Morgan fingerprint density at radius 1 is 1.37 bits per heavy atom. The zero-order valence-corrected chi connectivity index (χ0v) is 14.3. The summed E-state index contributed by atoms with van der Waals surface area (Å²) in [7, 11) is 0. The summed E-state index contributed by atoms with van der Waals surface area (Å²) in [5, 5.41) is 4.14. The summed E-state index contributed by atoms with van der Waals surface area (Å²) < 4.78 is 1.01. The van der Waals surface area contributed by atoms with Crippen molar-refractivity contribution in [2.75, 3.05) is 11.9 Å². The van der Waals surface area contributed by atoms with Crippen LogP contribution in [0.25, 0.3) is 0 Å². The van der Waals surface area contributed by atoms with E-state index in [1.165, 1.54) is 19.3 Å². The fourth-order valence-corrected chi connectivity index (χ4v) is 4.11. The first kappa shape index (κ1) is 15.0. The minimum absolute atomic E-state index is 0.0465. The van der Waals surface area contributed by atoms with E-state index in [0.717, 1.165) is 27.5 Å². The lowest BCUT2D eigenvalue weighted by Crippen LogP contribution is -2.31. The van der Waals surface area contributed by atoms with Crippen molar-refractivity contribution in [3.05, 3.63) is 33.8 Å². The minimum Gasteiger partial charge on any atom is -0.352 e. The van der Waals surface area contributed by atoms with Crippen molar-refractivity contribution in [3.8, 4) is 0 Å². The predicted molar refractivity (Wildman–Crippen MR) is 85.8 cm³/mol. The van der Waals surface area contributed by atoms with Gasteiger partial charge in [0.2, 0.25) is 0 Å². The van der Waals surface area contributed by atoms with Crippen molar-refractivity contribution in [2.24, 2.45) is 11.8 Å². The van der Waals surface area contributed by atoms with E-state index in [1.54, 1.807) is 0 Å². The number of carbonyl (C=O) groups excluding carboxylic acids is 1. The lowest BCUT2D eigenvalue weighted by molar-refractivity contribution is 0.0944. The molecule has 4 heteroatoms. The topological polar surface area (TPSA) is 29.1 Å². The fraction of sp³-hybridized carbons (Fsp3) is 0.533. The van der Waals surface area contributed by atoms with E-state index in [9.17, 15) is 4.79 Å². The van der Waals surface area contributed by atoms with Gasteiger partial charge >= 0.3 is 0 Å². The van der Waals surface area contributed by atoms with Crippen LogP contribution in [-0.2, 0) is 0 Å². The SMILES string of the molecule is Cc1cc(Br)ccc1C(=O)NCC1CCCC1CBr. The third-order valence-electron chi connectivity index (χ3n) is 3.97. The molecule has 0 bridgehead atoms. The van der Waals surface area contributed by atoms with Gasteiger partial charge in [0.25, 0.3) is 5.91 Å². The lowest BCUT2D eigenvalue weighted by Gasteiger charge is -2.18. The van der Waals surface area contributed by atoms with Gasteiger partial charge in [0.15, 0.2) is 0 Å². The van der Waals surface area contributed by atoms with Gasteiger partial charge in [0.05, 0.1) is 0 Å². The number of rotatable bonds is 4. The summed E-state index contributed by atoms with van der Waals surface area (Å²) in [5.74, 6) is 1.38. The molecular weight excluding hydrogens is 370 g/mol. The largest absolute Gasteiger partial charge is 0.352 e. The van der Waals surface area contributed by atoms with Gasteiger partial charge in [-0.05, 0) is 55.4 Å². The molecule has 2 nitrogen and oxygen atoms in total. The molecule has 1 saturated carbocycles. The average Bonchev–Trinajstić information content (AvgIpc) is 2.83. The van der Waals surface area contributed by atoms with Gasteiger partial charge in [-0.1, -0.05) is 38.3 Å². The lowest BCUT2D eigenvalue weighted by atomic mass is 9.98. The fourth-order valence-electron chi connectivity index (χ4n) is 2.79. The Hall–Kier alpha value is -0.350. The number of carbonyl (C=O) groups is 1.